The molecule has 9 heteroatoms. The van der Waals surface area contributed by atoms with Crippen LogP contribution in [0.2, 0.25) is 10.2 Å². The second kappa shape index (κ2) is 6.64. The molecular weight excluding hydrogens is 354 g/mol. The van der Waals surface area contributed by atoms with E-state index in [1.54, 1.807) is 0 Å². The Morgan fingerprint density at radius 2 is 1.96 bits per heavy atom. The van der Waals surface area contributed by atoms with Crippen LogP contribution >= 0.6 is 23.2 Å². The Morgan fingerprint density at radius 3 is 2.57 bits per heavy atom. The third kappa shape index (κ3) is 4.27. The number of nitrogens with one attached hydrogen (secondary N) is 1. The van der Waals surface area contributed by atoms with E-state index in [-0.39, 0.29) is 33.5 Å². The molecular formula is C14H10Cl2F3N3O. The Morgan fingerprint density at radius 1 is 1.26 bits per heavy atom. The SMILES string of the molecule is NC(=O)c1cnc(Cl)cc1NCc1cc(C(F)(F)F)ccc1Cl. The van der Waals surface area contributed by atoms with Crippen molar-refractivity contribution in [2.75, 3.05) is 5.32 Å². The molecule has 1 heterocycles. The average Bonchev–Trinajstić information content (AvgIpc) is 2.44. The van der Waals surface area contributed by atoms with E-state index in [1.807, 2.05) is 0 Å². The molecule has 122 valence electrons. The van der Waals surface area contributed by atoms with E-state index in [0.29, 0.717) is 0 Å². The molecule has 0 atom stereocenters. The summed E-state index contributed by atoms with van der Waals surface area (Å²) in [4.78, 5) is 15.1. The van der Waals surface area contributed by atoms with Crippen molar-refractivity contribution in [3.63, 3.8) is 0 Å². The van der Waals surface area contributed by atoms with Crippen LogP contribution in [0.5, 0.6) is 0 Å². The second-order valence-corrected chi connectivity index (χ2v) is 5.37. The number of benzene rings is 1. The second-order valence-electron chi connectivity index (χ2n) is 4.57. The van der Waals surface area contributed by atoms with Crippen LogP contribution in [0.1, 0.15) is 21.5 Å². The van der Waals surface area contributed by atoms with Gasteiger partial charge in [0.1, 0.15) is 5.15 Å². The molecule has 2 rings (SSSR count). The zero-order valence-electron chi connectivity index (χ0n) is 11.4. The van der Waals surface area contributed by atoms with Gasteiger partial charge >= 0.3 is 6.18 Å². The number of halogens is 5. The van der Waals surface area contributed by atoms with Gasteiger partial charge in [0.25, 0.3) is 5.91 Å². The highest BCUT2D eigenvalue weighted by Crippen LogP contribution is 2.32. The normalized spacial score (nSPS) is 11.3. The van der Waals surface area contributed by atoms with Gasteiger partial charge in [-0.3, -0.25) is 4.79 Å². The number of amides is 1. The summed E-state index contributed by atoms with van der Waals surface area (Å²) < 4.78 is 38.2. The minimum absolute atomic E-state index is 0.0522. The van der Waals surface area contributed by atoms with E-state index in [4.69, 9.17) is 28.9 Å². The van der Waals surface area contributed by atoms with Gasteiger partial charge < -0.3 is 11.1 Å². The molecule has 0 aliphatic rings. The predicted molar refractivity (Wildman–Crippen MR) is 81.5 cm³/mol. The van der Waals surface area contributed by atoms with Gasteiger partial charge in [0, 0.05) is 17.8 Å². The molecule has 0 fully saturated rings. The number of aromatic nitrogens is 1. The quantitative estimate of drug-likeness (QED) is 0.802. The number of carbonyl (C=O) groups is 1. The largest absolute Gasteiger partial charge is 0.416 e. The first-order valence-corrected chi connectivity index (χ1v) is 6.99. The van der Waals surface area contributed by atoms with Crippen LogP contribution in [0, 0.1) is 0 Å². The van der Waals surface area contributed by atoms with Gasteiger partial charge in [0.15, 0.2) is 0 Å². The summed E-state index contributed by atoms with van der Waals surface area (Å²) in [5.74, 6) is -0.744. The van der Waals surface area contributed by atoms with Gasteiger partial charge in [0.05, 0.1) is 16.8 Å². The van der Waals surface area contributed by atoms with Crippen LogP contribution in [0.15, 0.2) is 30.5 Å². The molecule has 0 spiro atoms. The summed E-state index contributed by atoms with van der Waals surface area (Å²) in [6, 6.07) is 4.34. The smallest absolute Gasteiger partial charge is 0.380 e. The predicted octanol–water partition coefficient (Wildman–Crippen LogP) is 4.12. The van der Waals surface area contributed by atoms with Crippen molar-refractivity contribution in [2.45, 2.75) is 12.7 Å². The number of carbonyl (C=O) groups excluding carboxylic acids is 1. The zero-order valence-corrected chi connectivity index (χ0v) is 12.9. The molecule has 0 aliphatic heterocycles. The third-order valence-corrected chi connectivity index (χ3v) is 3.55. The van der Waals surface area contributed by atoms with E-state index in [0.717, 1.165) is 18.2 Å². The summed E-state index contributed by atoms with van der Waals surface area (Å²) in [6.45, 7) is -0.0522. The van der Waals surface area contributed by atoms with Gasteiger partial charge in [-0.05, 0) is 29.8 Å². The van der Waals surface area contributed by atoms with Gasteiger partial charge in [-0.15, -0.1) is 0 Å². The van der Waals surface area contributed by atoms with E-state index in [1.165, 1.54) is 12.3 Å². The molecule has 1 amide bonds. The molecule has 0 saturated heterocycles. The summed E-state index contributed by atoms with van der Waals surface area (Å²) in [7, 11) is 0. The molecule has 3 N–H and O–H groups in total. The molecule has 0 aliphatic carbocycles. The summed E-state index contributed by atoms with van der Waals surface area (Å²) in [5, 5.41) is 3.06. The number of alkyl halides is 3. The number of hydrogen-bond donors (Lipinski definition) is 2. The first-order chi connectivity index (χ1) is 10.7. The topological polar surface area (TPSA) is 68.0 Å². The Hall–Kier alpha value is -1.99. The lowest BCUT2D eigenvalue weighted by molar-refractivity contribution is -0.137. The van der Waals surface area contributed by atoms with Gasteiger partial charge in [-0.1, -0.05) is 23.2 Å². The molecule has 0 saturated carbocycles. The first-order valence-electron chi connectivity index (χ1n) is 6.23. The highest BCUT2D eigenvalue weighted by atomic mass is 35.5. The highest BCUT2D eigenvalue weighted by Gasteiger charge is 2.30. The maximum Gasteiger partial charge on any atom is 0.416 e. The van der Waals surface area contributed by atoms with Crippen LogP contribution in [0.3, 0.4) is 0 Å². The molecule has 2 aromatic rings. The molecule has 23 heavy (non-hydrogen) atoms. The van der Waals surface area contributed by atoms with Crippen molar-refractivity contribution in [3.05, 3.63) is 57.3 Å². The molecule has 1 aromatic carbocycles. The molecule has 0 bridgehead atoms. The van der Waals surface area contributed by atoms with E-state index < -0.39 is 17.6 Å². The monoisotopic (exact) mass is 363 g/mol. The minimum Gasteiger partial charge on any atom is -0.380 e. The van der Waals surface area contributed by atoms with Crippen LogP contribution in [-0.4, -0.2) is 10.9 Å². The number of primary amides is 1. The van der Waals surface area contributed by atoms with E-state index in [9.17, 15) is 18.0 Å². The number of anilines is 1. The van der Waals surface area contributed by atoms with E-state index >= 15 is 0 Å². The fourth-order valence-corrected chi connectivity index (χ4v) is 2.19. The lowest BCUT2D eigenvalue weighted by Gasteiger charge is -2.13. The average molecular weight is 364 g/mol. The van der Waals surface area contributed by atoms with Crippen molar-refractivity contribution < 1.29 is 18.0 Å². The number of nitrogens with zero attached hydrogens (tertiary/aromatic N) is 1. The Bertz CT molecular complexity index is 751. The lowest BCUT2D eigenvalue weighted by atomic mass is 10.1. The van der Waals surface area contributed by atoms with Crippen LogP contribution in [0.25, 0.3) is 0 Å². The third-order valence-electron chi connectivity index (χ3n) is 2.98. The first kappa shape index (κ1) is 17.4. The maximum absolute atomic E-state index is 12.7. The Balaban J connectivity index is 2.28. The number of pyridine rings is 1. The van der Waals surface area contributed by atoms with Gasteiger partial charge in [0.2, 0.25) is 0 Å². The van der Waals surface area contributed by atoms with Crippen molar-refractivity contribution >= 4 is 34.8 Å². The van der Waals surface area contributed by atoms with Crippen molar-refractivity contribution in [1.29, 1.82) is 0 Å². The lowest BCUT2D eigenvalue weighted by Crippen LogP contribution is -2.15. The molecule has 4 nitrogen and oxygen atoms in total. The maximum atomic E-state index is 12.7. The number of hydrogen-bond acceptors (Lipinski definition) is 3. The molecule has 0 radical (unpaired) electrons. The van der Waals surface area contributed by atoms with Crippen molar-refractivity contribution in [2.24, 2.45) is 5.73 Å². The van der Waals surface area contributed by atoms with Gasteiger partial charge in [-0.25, -0.2) is 4.98 Å². The molecule has 1 aromatic heterocycles. The van der Waals surface area contributed by atoms with E-state index in [2.05, 4.69) is 10.3 Å². The molecule has 0 unspecified atom stereocenters. The minimum atomic E-state index is -4.47. The summed E-state index contributed by atoms with van der Waals surface area (Å²) in [6.07, 6.45) is -3.29. The van der Waals surface area contributed by atoms with Crippen LogP contribution < -0.4 is 11.1 Å². The van der Waals surface area contributed by atoms with Crippen LogP contribution in [-0.2, 0) is 12.7 Å². The van der Waals surface area contributed by atoms with Crippen molar-refractivity contribution in [1.82, 2.24) is 4.98 Å². The van der Waals surface area contributed by atoms with Crippen molar-refractivity contribution in [3.8, 4) is 0 Å². The fourth-order valence-electron chi connectivity index (χ4n) is 1.85. The standard InChI is InChI=1S/C14H10Cl2F3N3O/c15-10-2-1-8(14(17,18)19)3-7(10)5-21-11-4-12(16)22-6-9(11)13(20)23/h1-4,6H,5H2,(H2,20,23)(H,21,22). The Labute approximate surface area is 139 Å². The highest BCUT2D eigenvalue weighted by molar-refractivity contribution is 6.31. The summed E-state index contributed by atoms with van der Waals surface area (Å²) >= 11 is 11.7. The summed E-state index contributed by atoms with van der Waals surface area (Å²) in [5.41, 5.74) is 4.93. The Kier molecular flexibility index (Phi) is 5.01. The zero-order chi connectivity index (χ0) is 17.2. The van der Waals surface area contributed by atoms with Crippen LogP contribution in [0.4, 0.5) is 18.9 Å². The number of nitrogens with two attached hydrogens (primary N) is 1. The number of rotatable bonds is 4. The van der Waals surface area contributed by atoms with Gasteiger partial charge in [-0.2, -0.15) is 13.2 Å². The fraction of sp³-hybridized carbons (Fsp3) is 0.143.